The van der Waals surface area contributed by atoms with E-state index in [4.69, 9.17) is 5.73 Å². The van der Waals surface area contributed by atoms with Gasteiger partial charge in [0.05, 0.1) is 16.3 Å². The molecule has 1 aromatic carbocycles. The fraction of sp³-hybridized carbons (Fsp3) is 0.500. The Kier molecular flexibility index (Phi) is 5.51. The van der Waals surface area contributed by atoms with Crippen LogP contribution in [-0.2, 0) is 10.0 Å². The maximum absolute atomic E-state index is 12.1. The lowest BCUT2D eigenvalue weighted by atomic mass is 10.2. The van der Waals surface area contributed by atoms with Crippen LogP contribution in [0.1, 0.15) is 6.92 Å². The number of nitrogen functional groups attached to an aromatic ring is 1. The molecule has 1 aromatic rings. The highest BCUT2D eigenvalue weighted by atomic mass is 32.2. The van der Waals surface area contributed by atoms with Gasteiger partial charge in [0.25, 0.3) is 0 Å². The van der Waals surface area contributed by atoms with E-state index in [2.05, 4.69) is 5.32 Å². The van der Waals surface area contributed by atoms with Crippen molar-refractivity contribution >= 4 is 33.2 Å². The van der Waals surface area contributed by atoms with Crippen LogP contribution >= 0.6 is 11.8 Å². The highest BCUT2D eigenvalue weighted by Crippen LogP contribution is 2.25. The third-order valence-corrected chi connectivity index (χ3v) is 5.27. The van der Waals surface area contributed by atoms with Crippen LogP contribution in [0.3, 0.4) is 0 Å². The standard InChI is InChI=1S/C12H21N3O2S2/c1-9(8-18-4)14-12-7-10(5-6-11(12)13)19(16,17)15(2)3/h5-7,9,14H,8,13H2,1-4H3. The van der Waals surface area contributed by atoms with Crippen molar-refractivity contribution in [3.05, 3.63) is 18.2 Å². The largest absolute Gasteiger partial charge is 0.397 e. The molecule has 1 atom stereocenters. The molecule has 108 valence electrons. The van der Waals surface area contributed by atoms with Gasteiger partial charge in [-0.1, -0.05) is 0 Å². The van der Waals surface area contributed by atoms with Crippen LogP contribution in [0.5, 0.6) is 0 Å². The number of nitrogens with zero attached hydrogens (tertiary/aromatic N) is 1. The van der Waals surface area contributed by atoms with Gasteiger partial charge in [-0.15, -0.1) is 0 Å². The Morgan fingerprint density at radius 2 is 2.05 bits per heavy atom. The average molecular weight is 303 g/mol. The van der Waals surface area contributed by atoms with Crippen molar-refractivity contribution < 1.29 is 8.42 Å². The Labute approximate surface area is 119 Å². The van der Waals surface area contributed by atoms with Crippen LogP contribution in [0.2, 0.25) is 0 Å². The lowest BCUT2D eigenvalue weighted by Crippen LogP contribution is -2.23. The molecule has 3 N–H and O–H groups in total. The predicted octanol–water partition coefficient (Wildman–Crippen LogP) is 1.68. The third kappa shape index (κ3) is 4.02. The maximum atomic E-state index is 12.1. The summed E-state index contributed by atoms with van der Waals surface area (Å²) in [6, 6.07) is 4.94. The van der Waals surface area contributed by atoms with E-state index < -0.39 is 10.0 Å². The molecule has 0 aliphatic rings. The topological polar surface area (TPSA) is 75.4 Å². The lowest BCUT2D eigenvalue weighted by molar-refractivity contribution is 0.521. The first-order valence-electron chi connectivity index (χ1n) is 5.86. The van der Waals surface area contributed by atoms with Crippen LogP contribution < -0.4 is 11.1 Å². The summed E-state index contributed by atoms with van der Waals surface area (Å²) in [4.78, 5) is 0.241. The van der Waals surface area contributed by atoms with Gasteiger partial charge in [-0.2, -0.15) is 11.8 Å². The molecule has 0 aliphatic carbocycles. The van der Waals surface area contributed by atoms with Gasteiger partial charge in [-0.3, -0.25) is 0 Å². The summed E-state index contributed by atoms with van der Waals surface area (Å²) in [5.74, 6) is 0.921. The lowest BCUT2D eigenvalue weighted by Gasteiger charge is -2.18. The molecule has 0 spiro atoms. The minimum Gasteiger partial charge on any atom is -0.397 e. The summed E-state index contributed by atoms with van der Waals surface area (Å²) < 4.78 is 25.3. The first kappa shape index (κ1) is 16.1. The van der Waals surface area contributed by atoms with E-state index >= 15 is 0 Å². The van der Waals surface area contributed by atoms with Crippen molar-refractivity contribution in [2.24, 2.45) is 0 Å². The van der Waals surface area contributed by atoms with Crippen LogP contribution in [-0.4, -0.2) is 44.9 Å². The number of thioether (sulfide) groups is 1. The highest BCUT2D eigenvalue weighted by Gasteiger charge is 2.18. The van der Waals surface area contributed by atoms with Crippen LogP contribution in [0.25, 0.3) is 0 Å². The molecule has 0 aliphatic heterocycles. The van der Waals surface area contributed by atoms with Crippen molar-refractivity contribution in [3.8, 4) is 0 Å². The van der Waals surface area contributed by atoms with Gasteiger partial charge in [0.1, 0.15) is 0 Å². The quantitative estimate of drug-likeness (QED) is 0.782. The summed E-state index contributed by atoms with van der Waals surface area (Å²) in [7, 11) is -0.414. The molecule has 1 unspecified atom stereocenters. The summed E-state index contributed by atoms with van der Waals surface area (Å²) >= 11 is 1.72. The average Bonchev–Trinajstić information content (AvgIpc) is 2.31. The molecule has 19 heavy (non-hydrogen) atoms. The SMILES string of the molecule is CSCC(C)Nc1cc(S(=O)(=O)N(C)C)ccc1N. The third-order valence-electron chi connectivity index (χ3n) is 2.62. The molecule has 0 fully saturated rings. The van der Waals surface area contributed by atoms with E-state index in [9.17, 15) is 8.42 Å². The minimum absolute atomic E-state index is 0.217. The molecular weight excluding hydrogens is 282 g/mol. The number of benzene rings is 1. The Morgan fingerprint density at radius 3 is 2.58 bits per heavy atom. The Balaban J connectivity index is 3.08. The van der Waals surface area contributed by atoms with Crippen LogP contribution in [0.4, 0.5) is 11.4 Å². The first-order valence-corrected chi connectivity index (χ1v) is 8.70. The normalized spacial score (nSPS) is 13.5. The molecule has 0 heterocycles. The second kappa shape index (κ2) is 6.49. The Morgan fingerprint density at radius 1 is 1.42 bits per heavy atom. The number of rotatable bonds is 6. The van der Waals surface area contributed by atoms with Crippen LogP contribution in [0.15, 0.2) is 23.1 Å². The fourth-order valence-corrected chi connectivity index (χ4v) is 3.10. The Hall–Kier alpha value is -0.920. The van der Waals surface area contributed by atoms with Crippen molar-refractivity contribution in [2.45, 2.75) is 17.9 Å². The zero-order valence-corrected chi connectivity index (χ0v) is 13.3. The van der Waals surface area contributed by atoms with Gasteiger partial charge in [0.2, 0.25) is 10.0 Å². The van der Waals surface area contributed by atoms with Crippen molar-refractivity contribution in [2.75, 3.05) is 37.2 Å². The monoisotopic (exact) mass is 303 g/mol. The van der Waals surface area contributed by atoms with Gasteiger partial charge in [-0.05, 0) is 31.4 Å². The minimum atomic E-state index is -3.43. The van der Waals surface area contributed by atoms with Gasteiger partial charge >= 0.3 is 0 Å². The molecule has 1 rings (SSSR count). The number of nitrogens with one attached hydrogen (secondary N) is 1. The first-order chi connectivity index (χ1) is 8.78. The van der Waals surface area contributed by atoms with E-state index in [1.165, 1.54) is 24.5 Å². The Bertz CT molecular complexity index is 530. The van der Waals surface area contributed by atoms with Crippen molar-refractivity contribution in [3.63, 3.8) is 0 Å². The molecule has 0 saturated carbocycles. The van der Waals surface area contributed by atoms with E-state index in [0.717, 1.165) is 5.75 Å². The molecule has 0 aromatic heterocycles. The summed E-state index contributed by atoms with van der Waals surface area (Å²) in [5.41, 5.74) is 7.08. The molecule has 0 amide bonds. The summed E-state index contributed by atoms with van der Waals surface area (Å²) in [6.07, 6.45) is 2.02. The second-order valence-electron chi connectivity index (χ2n) is 4.54. The molecule has 5 nitrogen and oxygen atoms in total. The van der Waals surface area contributed by atoms with E-state index in [0.29, 0.717) is 11.4 Å². The highest BCUT2D eigenvalue weighted by molar-refractivity contribution is 7.98. The van der Waals surface area contributed by atoms with E-state index in [-0.39, 0.29) is 10.9 Å². The zero-order valence-electron chi connectivity index (χ0n) is 11.7. The van der Waals surface area contributed by atoms with Crippen LogP contribution in [0, 0.1) is 0 Å². The van der Waals surface area contributed by atoms with Crippen molar-refractivity contribution in [1.82, 2.24) is 4.31 Å². The summed E-state index contributed by atoms with van der Waals surface area (Å²) in [6.45, 7) is 2.03. The van der Waals surface area contributed by atoms with Gasteiger partial charge in [0, 0.05) is 25.9 Å². The zero-order chi connectivity index (χ0) is 14.6. The molecular formula is C12H21N3O2S2. The second-order valence-corrected chi connectivity index (χ2v) is 7.60. The summed E-state index contributed by atoms with van der Waals surface area (Å²) in [5, 5.41) is 3.23. The molecule has 7 heteroatoms. The number of sulfonamides is 1. The smallest absolute Gasteiger partial charge is 0.242 e. The molecule has 0 radical (unpaired) electrons. The molecule has 0 bridgehead atoms. The number of nitrogens with two attached hydrogens (primary N) is 1. The van der Waals surface area contributed by atoms with Gasteiger partial charge in [0.15, 0.2) is 0 Å². The number of hydrogen-bond acceptors (Lipinski definition) is 5. The van der Waals surface area contributed by atoms with Crippen molar-refractivity contribution in [1.29, 1.82) is 0 Å². The van der Waals surface area contributed by atoms with E-state index in [1.807, 2.05) is 13.2 Å². The number of hydrogen-bond donors (Lipinski definition) is 2. The fourth-order valence-electron chi connectivity index (χ4n) is 1.59. The predicted molar refractivity (Wildman–Crippen MR) is 83.2 cm³/mol. The van der Waals surface area contributed by atoms with Gasteiger partial charge < -0.3 is 11.1 Å². The maximum Gasteiger partial charge on any atom is 0.242 e. The number of anilines is 2. The van der Waals surface area contributed by atoms with Gasteiger partial charge in [-0.25, -0.2) is 12.7 Å². The molecule has 0 saturated heterocycles. The van der Waals surface area contributed by atoms with E-state index in [1.54, 1.807) is 23.9 Å².